The molecular weight excluding hydrogens is 252 g/mol. The quantitative estimate of drug-likeness (QED) is 0.889. The van der Waals surface area contributed by atoms with E-state index in [9.17, 15) is 0 Å². The number of ether oxygens (including phenoxy) is 2. The van der Waals surface area contributed by atoms with E-state index < -0.39 is 0 Å². The van der Waals surface area contributed by atoms with Crippen molar-refractivity contribution in [1.29, 1.82) is 0 Å². The van der Waals surface area contributed by atoms with Crippen molar-refractivity contribution in [3.8, 4) is 11.5 Å². The van der Waals surface area contributed by atoms with Crippen molar-refractivity contribution in [3.05, 3.63) is 23.8 Å². The lowest BCUT2D eigenvalue weighted by molar-refractivity contribution is 0.171. The Balaban J connectivity index is 1.44. The van der Waals surface area contributed by atoms with Gasteiger partial charge in [0.25, 0.3) is 0 Å². The molecule has 108 valence electrons. The molecule has 1 unspecified atom stereocenters. The zero-order chi connectivity index (χ0) is 13.4. The fourth-order valence-corrected chi connectivity index (χ4v) is 3.75. The highest BCUT2D eigenvalue weighted by Crippen LogP contribution is 2.37. The van der Waals surface area contributed by atoms with Gasteiger partial charge in [-0.1, -0.05) is 6.07 Å². The fourth-order valence-electron chi connectivity index (χ4n) is 3.75. The molecule has 1 aromatic rings. The Labute approximate surface area is 120 Å². The second-order valence-electron chi connectivity index (χ2n) is 6.37. The highest BCUT2D eigenvalue weighted by molar-refractivity contribution is 5.43. The zero-order valence-corrected chi connectivity index (χ0v) is 11.9. The molecule has 2 saturated heterocycles. The average molecular weight is 274 g/mol. The van der Waals surface area contributed by atoms with Crippen LogP contribution in [-0.2, 0) is 6.54 Å². The van der Waals surface area contributed by atoms with E-state index in [1.54, 1.807) is 0 Å². The molecule has 0 radical (unpaired) electrons. The summed E-state index contributed by atoms with van der Waals surface area (Å²) >= 11 is 0. The van der Waals surface area contributed by atoms with E-state index in [0.717, 1.165) is 18.0 Å². The Bertz CT molecular complexity index is 497. The fraction of sp³-hybridized carbons (Fsp3) is 0.625. The van der Waals surface area contributed by atoms with Gasteiger partial charge in [-0.3, -0.25) is 4.90 Å². The summed E-state index contributed by atoms with van der Waals surface area (Å²) in [5.74, 6) is 1.79. The predicted molar refractivity (Wildman–Crippen MR) is 77.2 cm³/mol. The lowest BCUT2D eigenvalue weighted by Gasteiger charge is -2.23. The van der Waals surface area contributed by atoms with Crippen LogP contribution in [-0.4, -0.2) is 44.3 Å². The number of benzene rings is 1. The Hall–Kier alpha value is -1.26. The van der Waals surface area contributed by atoms with Crippen LogP contribution in [0.1, 0.15) is 18.4 Å². The number of hydrogen-bond donors (Lipinski definition) is 1. The first-order valence-electron chi connectivity index (χ1n) is 7.65. The summed E-state index contributed by atoms with van der Waals surface area (Å²) in [5.41, 5.74) is 1.88. The summed E-state index contributed by atoms with van der Waals surface area (Å²) in [5, 5.41) is 3.52. The van der Waals surface area contributed by atoms with Crippen LogP contribution in [0.3, 0.4) is 0 Å². The number of nitrogens with zero attached hydrogens (tertiary/aromatic N) is 1. The van der Waals surface area contributed by atoms with Crippen molar-refractivity contribution < 1.29 is 9.47 Å². The number of rotatable bonds is 2. The SMILES string of the molecule is c1cc2c(cc1CN1CCC3(CCNC3)C1)OCCO2. The molecule has 2 fully saturated rings. The van der Waals surface area contributed by atoms with Gasteiger partial charge in [-0.2, -0.15) is 0 Å². The van der Waals surface area contributed by atoms with Crippen LogP contribution < -0.4 is 14.8 Å². The maximum absolute atomic E-state index is 5.67. The molecule has 1 N–H and O–H groups in total. The second-order valence-corrected chi connectivity index (χ2v) is 6.37. The average Bonchev–Trinajstić information content (AvgIpc) is 3.09. The molecule has 3 aliphatic rings. The van der Waals surface area contributed by atoms with E-state index in [-0.39, 0.29) is 0 Å². The van der Waals surface area contributed by atoms with Crippen LogP contribution in [0.2, 0.25) is 0 Å². The van der Waals surface area contributed by atoms with Gasteiger partial charge in [0.2, 0.25) is 0 Å². The van der Waals surface area contributed by atoms with Crippen LogP contribution in [0.4, 0.5) is 0 Å². The maximum atomic E-state index is 5.67. The van der Waals surface area contributed by atoms with Crippen LogP contribution in [0.15, 0.2) is 18.2 Å². The third-order valence-corrected chi connectivity index (χ3v) is 4.86. The largest absolute Gasteiger partial charge is 0.486 e. The molecule has 4 nitrogen and oxygen atoms in total. The molecule has 0 aliphatic carbocycles. The molecule has 1 aromatic carbocycles. The predicted octanol–water partition coefficient (Wildman–Crippen LogP) is 1.64. The normalized spacial score (nSPS) is 29.2. The number of fused-ring (bicyclic) bond motifs is 1. The summed E-state index contributed by atoms with van der Waals surface area (Å²) in [6, 6.07) is 6.37. The van der Waals surface area contributed by atoms with Gasteiger partial charge in [-0.15, -0.1) is 0 Å². The molecule has 0 bridgehead atoms. The molecule has 3 heterocycles. The lowest BCUT2D eigenvalue weighted by atomic mass is 9.86. The van der Waals surface area contributed by atoms with Crippen molar-refractivity contribution in [1.82, 2.24) is 10.2 Å². The molecule has 0 aromatic heterocycles. The van der Waals surface area contributed by atoms with Crippen LogP contribution in [0, 0.1) is 5.41 Å². The Kier molecular flexibility index (Phi) is 3.08. The minimum absolute atomic E-state index is 0.549. The molecule has 0 saturated carbocycles. The summed E-state index contributed by atoms with van der Waals surface area (Å²) in [4.78, 5) is 2.58. The summed E-state index contributed by atoms with van der Waals surface area (Å²) in [6.07, 6.45) is 2.68. The van der Waals surface area contributed by atoms with Gasteiger partial charge in [-0.25, -0.2) is 0 Å². The van der Waals surface area contributed by atoms with Crippen molar-refractivity contribution >= 4 is 0 Å². The van der Waals surface area contributed by atoms with Gasteiger partial charge in [0, 0.05) is 19.6 Å². The van der Waals surface area contributed by atoms with E-state index in [4.69, 9.17) is 9.47 Å². The van der Waals surface area contributed by atoms with Crippen molar-refractivity contribution in [2.75, 3.05) is 39.4 Å². The molecule has 4 rings (SSSR count). The van der Waals surface area contributed by atoms with Gasteiger partial charge in [-0.05, 0) is 49.0 Å². The lowest BCUT2D eigenvalue weighted by Crippen LogP contribution is -2.29. The first-order chi connectivity index (χ1) is 9.83. The second kappa shape index (κ2) is 4.93. The zero-order valence-electron chi connectivity index (χ0n) is 11.9. The smallest absolute Gasteiger partial charge is 0.161 e. The summed E-state index contributed by atoms with van der Waals surface area (Å²) < 4.78 is 11.2. The monoisotopic (exact) mass is 274 g/mol. The third-order valence-electron chi connectivity index (χ3n) is 4.86. The minimum atomic E-state index is 0.549. The van der Waals surface area contributed by atoms with Gasteiger partial charge in [0.05, 0.1) is 0 Å². The third kappa shape index (κ3) is 2.27. The summed E-state index contributed by atoms with van der Waals surface area (Å²) in [6.45, 7) is 7.19. The van der Waals surface area contributed by atoms with Gasteiger partial charge < -0.3 is 14.8 Å². The van der Waals surface area contributed by atoms with Gasteiger partial charge >= 0.3 is 0 Å². The minimum Gasteiger partial charge on any atom is -0.486 e. The van der Waals surface area contributed by atoms with E-state index in [1.807, 2.05) is 6.07 Å². The Morgan fingerprint density at radius 1 is 1.15 bits per heavy atom. The van der Waals surface area contributed by atoms with Crippen molar-refractivity contribution in [3.63, 3.8) is 0 Å². The van der Waals surface area contributed by atoms with Crippen LogP contribution >= 0.6 is 0 Å². The molecule has 3 aliphatic heterocycles. The Morgan fingerprint density at radius 2 is 2.05 bits per heavy atom. The molecule has 20 heavy (non-hydrogen) atoms. The van der Waals surface area contributed by atoms with Gasteiger partial charge in [0.1, 0.15) is 13.2 Å². The van der Waals surface area contributed by atoms with Gasteiger partial charge in [0.15, 0.2) is 11.5 Å². The maximum Gasteiger partial charge on any atom is 0.161 e. The number of hydrogen-bond acceptors (Lipinski definition) is 4. The first-order valence-corrected chi connectivity index (χ1v) is 7.65. The van der Waals surface area contributed by atoms with Crippen LogP contribution in [0.25, 0.3) is 0 Å². The van der Waals surface area contributed by atoms with E-state index in [1.165, 1.54) is 44.6 Å². The van der Waals surface area contributed by atoms with Crippen molar-refractivity contribution in [2.24, 2.45) is 5.41 Å². The van der Waals surface area contributed by atoms with E-state index in [2.05, 4.69) is 22.3 Å². The molecule has 1 spiro atoms. The van der Waals surface area contributed by atoms with Crippen molar-refractivity contribution in [2.45, 2.75) is 19.4 Å². The molecule has 1 atom stereocenters. The topological polar surface area (TPSA) is 33.7 Å². The Morgan fingerprint density at radius 3 is 2.90 bits per heavy atom. The van der Waals surface area contributed by atoms with E-state index in [0.29, 0.717) is 18.6 Å². The molecular formula is C16H22N2O2. The van der Waals surface area contributed by atoms with E-state index >= 15 is 0 Å². The standard InChI is InChI=1S/C16H22N2O2/c1-2-14-15(20-8-7-19-14)9-13(1)10-18-6-4-16(12-18)3-5-17-11-16/h1-2,9,17H,3-8,10-12H2. The molecule has 4 heteroatoms. The molecule has 0 amide bonds. The number of nitrogens with one attached hydrogen (secondary N) is 1. The first kappa shape index (κ1) is 12.5. The highest BCUT2D eigenvalue weighted by atomic mass is 16.6. The van der Waals surface area contributed by atoms with Crippen LogP contribution in [0.5, 0.6) is 11.5 Å². The highest BCUT2D eigenvalue weighted by Gasteiger charge is 2.40. The summed E-state index contributed by atoms with van der Waals surface area (Å²) in [7, 11) is 0. The number of likely N-dealkylation sites (tertiary alicyclic amines) is 1.